The number of nitrogens with one attached hydrogen (secondary N) is 1. The van der Waals surface area contributed by atoms with Gasteiger partial charge in [-0.25, -0.2) is 4.98 Å². The van der Waals surface area contributed by atoms with Gasteiger partial charge >= 0.3 is 0 Å². The second-order valence-corrected chi connectivity index (χ2v) is 6.77. The Morgan fingerprint density at radius 2 is 2.04 bits per heavy atom. The lowest BCUT2D eigenvalue weighted by molar-refractivity contribution is 0.102. The van der Waals surface area contributed by atoms with E-state index in [1.807, 2.05) is 13.0 Å². The second kappa shape index (κ2) is 6.93. The lowest BCUT2D eigenvalue weighted by atomic mass is 10.2. The zero-order chi connectivity index (χ0) is 17.3. The summed E-state index contributed by atoms with van der Waals surface area (Å²) in [6.07, 6.45) is 1.47. The van der Waals surface area contributed by atoms with E-state index in [0.29, 0.717) is 32.9 Å². The fraction of sp³-hybridized carbons (Fsp3) is 0.0625. The Balaban J connectivity index is 1.96. The van der Waals surface area contributed by atoms with Gasteiger partial charge in [0.15, 0.2) is 5.82 Å². The molecule has 2 heterocycles. The van der Waals surface area contributed by atoms with Gasteiger partial charge in [0, 0.05) is 22.3 Å². The van der Waals surface area contributed by atoms with Crippen molar-refractivity contribution in [3.63, 3.8) is 0 Å². The van der Waals surface area contributed by atoms with Gasteiger partial charge in [0.25, 0.3) is 5.91 Å². The second-order valence-electron chi connectivity index (χ2n) is 5.01. The Kier molecular flexibility index (Phi) is 4.89. The topological polar surface area (TPSA) is 59.8 Å². The van der Waals surface area contributed by atoms with E-state index in [9.17, 15) is 4.79 Å². The Bertz CT molecular complexity index is 926. The quantitative estimate of drug-likeness (QED) is 0.649. The number of aryl methyl sites for hydroxylation is 1. The summed E-state index contributed by atoms with van der Waals surface area (Å²) in [5.74, 6) is 0.593. The SMILES string of the molecule is Cc1cc(NC(=O)c2cccc(Br)c2)n(-c2ncc(Cl)cc2Cl)n1. The molecule has 5 nitrogen and oxygen atoms in total. The zero-order valence-corrected chi connectivity index (χ0v) is 15.5. The molecule has 0 spiro atoms. The highest BCUT2D eigenvalue weighted by Gasteiger charge is 2.15. The number of carbonyl (C=O) groups excluding carboxylic acids is 1. The largest absolute Gasteiger partial charge is 0.306 e. The van der Waals surface area contributed by atoms with Crippen LogP contribution in [0.25, 0.3) is 5.82 Å². The van der Waals surface area contributed by atoms with Crippen LogP contribution in [0, 0.1) is 6.92 Å². The predicted octanol–water partition coefficient (Wildman–Crippen LogP) is 4.90. The normalized spacial score (nSPS) is 10.7. The van der Waals surface area contributed by atoms with Gasteiger partial charge in [-0.15, -0.1) is 0 Å². The van der Waals surface area contributed by atoms with E-state index >= 15 is 0 Å². The van der Waals surface area contributed by atoms with Crippen LogP contribution in [-0.2, 0) is 0 Å². The summed E-state index contributed by atoms with van der Waals surface area (Å²) in [5.41, 5.74) is 1.23. The van der Waals surface area contributed by atoms with Crippen LogP contribution in [0.5, 0.6) is 0 Å². The van der Waals surface area contributed by atoms with Crippen LogP contribution in [0.1, 0.15) is 16.1 Å². The van der Waals surface area contributed by atoms with Gasteiger partial charge in [0.05, 0.1) is 15.7 Å². The summed E-state index contributed by atoms with van der Waals surface area (Å²) in [5, 5.41) is 7.92. The van der Waals surface area contributed by atoms with Crippen molar-refractivity contribution in [1.82, 2.24) is 14.8 Å². The van der Waals surface area contributed by atoms with E-state index in [0.717, 1.165) is 4.47 Å². The molecular formula is C16H11BrCl2N4O. The van der Waals surface area contributed by atoms with Crippen molar-refractivity contribution in [2.45, 2.75) is 6.92 Å². The van der Waals surface area contributed by atoms with Gasteiger partial charge in [-0.1, -0.05) is 45.2 Å². The lowest BCUT2D eigenvalue weighted by Crippen LogP contribution is -2.15. The molecule has 2 aromatic heterocycles. The molecule has 3 rings (SSSR count). The highest BCUT2D eigenvalue weighted by atomic mass is 79.9. The lowest BCUT2D eigenvalue weighted by Gasteiger charge is -2.10. The molecule has 122 valence electrons. The number of hydrogen-bond acceptors (Lipinski definition) is 3. The number of hydrogen-bond donors (Lipinski definition) is 1. The van der Waals surface area contributed by atoms with E-state index < -0.39 is 0 Å². The van der Waals surface area contributed by atoms with E-state index in [1.165, 1.54) is 10.9 Å². The molecule has 1 aromatic carbocycles. The molecule has 0 bridgehead atoms. The maximum absolute atomic E-state index is 12.5. The van der Waals surface area contributed by atoms with Crippen LogP contribution in [0.4, 0.5) is 5.82 Å². The van der Waals surface area contributed by atoms with Crippen molar-refractivity contribution in [2.75, 3.05) is 5.32 Å². The molecule has 8 heteroatoms. The van der Waals surface area contributed by atoms with Crippen LogP contribution >= 0.6 is 39.1 Å². The minimum absolute atomic E-state index is 0.262. The van der Waals surface area contributed by atoms with E-state index in [1.54, 1.807) is 30.3 Å². The molecule has 24 heavy (non-hydrogen) atoms. The summed E-state index contributed by atoms with van der Waals surface area (Å²) in [6.45, 7) is 1.81. The minimum atomic E-state index is -0.262. The summed E-state index contributed by atoms with van der Waals surface area (Å²) in [4.78, 5) is 16.6. The van der Waals surface area contributed by atoms with Crippen LogP contribution in [0.3, 0.4) is 0 Å². The number of benzene rings is 1. The maximum atomic E-state index is 12.5. The molecule has 1 amide bonds. The summed E-state index contributed by atoms with van der Waals surface area (Å²) < 4.78 is 2.30. The molecule has 0 atom stereocenters. The first-order valence-electron chi connectivity index (χ1n) is 6.89. The number of nitrogens with zero attached hydrogens (tertiary/aromatic N) is 3. The standard InChI is InChI=1S/C16H11BrCl2N4O/c1-9-5-14(21-16(24)10-3-2-4-11(17)6-10)23(22-9)15-13(19)7-12(18)8-20-15/h2-8H,1H3,(H,21,24). The molecule has 0 unspecified atom stereocenters. The Hall–Kier alpha value is -1.89. The van der Waals surface area contributed by atoms with Crippen LogP contribution in [-0.4, -0.2) is 20.7 Å². The number of aromatic nitrogens is 3. The van der Waals surface area contributed by atoms with E-state index in [2.05, 4.69) is 31.3 Å². The Morgan fingerprint density at radius 1 is 1.25 bits per heavy atom. The molecule has 0 fully saturated rings. The monoisotopic (exact) mass is 424 g/mol. The van der Waals surface area contributed by atoms with Gasteiger partial charge in [-0.3, -0.25) is 4.79 Å². The highest BCUT2D eigenvalue weighted by Crippen LogP contribution is 2.25. The molecule has 0 aliphatic heterocycles. The third kappa shape index (κ3) is 3.61. The van der Waals surface area contributed by atoms with Crippen molar-refractivity contribution in [2.24, 2.45) is 0 Å². The summed E-state index contributed by atoms with van der Waals surface area (Å²) in [6, 6.07) is 10.4. The van der Waals surface area contributed by atoms with Crippen LogP contribution in [0.2, 0.25) is 10.0 Å². The molecule has 0 saturated heterocycles. The smallest absolute Gasteiger partial charge is 0.256 e. The first kappa shape index (κ1) is 17.0. The fourth-order valence-corrected chi connectivity index (χ4v) is 2.99. The van der Waals surface area contributed by atoms with E-state index in [4.69, 9.17) is 23.2 Å². The average molecular weight is 426 g/mol. The van der Waals surface area contributed by atoms with Gasteiger partial charge in [0.1, 0.15) is 5.82 Å². The molecule has 3 aromatic rings. The van der Waals surface area contributed by atoms with Gasteiger partial charge in [0.2, 0.25) is 0 Å². The number of amides is 1. The van der Waals surface area contributed by atoms with Crippen molar-refractivity contribution < 1.29 is 4.79 Å². The number of halogens is 3. The summed E-state index contributed by atoms with van der Waals surface area (Å²) in [7, 11) is 0. The molecule has 1 N–H and O–H groups in total. The van der Waals surface area contributed by atoms with Crippen molar-refractivity contribution >= 4 is 50.9 Å². The van der Waals surface area contributed by atoms with Crippen molar-refractivity contribution in [3.8, 4) is 5.82 Å². The minimum Gasteiger partial charge on any atom is -0.306 e. The summed E-state index contributed by atoms with van der Waals surface area (Å²) >= 11 is 15.4. The first-order chi connectivity index (χ1) is 11.4. The Morgan fingerprint density at radius 3 is 2.75 bits per heavy atom. The average Bonchev–Trinajstić information content (AvgIpc) is 2.87. The maximum Gasteiger partial charge on any atom is 0.256 e. The predicted molar refractivity (Wildman–Crippen MR) is 98.2 cm³/mol. The number of pyridine rings is 1. The molecular weight excluding hydrogens is 415 g/mol. The van der Waals surface area contributed by atoms with Crippen LogP contribution in [0.15, 0.2) is 47.1 Å². The van der Waals surface area contributed by atoms with E-state index in [-0.39, 0.29) is 5.91 Å². The number of rotatable bonds is 3. The van der Waals surface area contributed by atoms with Gasteiger partial charge < -0.3 is 5.32 Å². The van der Waals surface area contributed by atoms with Gasteiger partial charge in [-0.2, -0.15) is 9.78 Å². The van der Waals surface area contributed by atoms with Crippen molar-refractivity contribution in [1.29, 1.82) is 0 Å². The third-order valence-electron chi connectivity index (χ3n) is 3.15. The first-order valence-corrected chi connectivity index (χ1v) is 8.44. The Labute approximate surface area is 156 Å². The molecule has 0 aliphatic carbocycles. The molecule has 0 saturated carbocycles. The highest BCUT2D eigenvalue weighted by molar-refractivity contribution is 9.10. The molecule has 0 radical (unpaired) electrons. The third-order valence-corrected chi connectivity index (χ3v) is 4.13. The fourth-order valence-electron chi connectivity index (χ4n) is 2.13. The van der Waals surface area contributed by atoms with Gasteiger partial charge in [-0.05, 0) is 31.2 Å². The van der Waals surface area contributed by atoms with Crippen LogP contribution < -0.4 is 5.32 Å². The number of anilines is 1. The zero-order valence-electron chi connectivity index (χ0n) is 12.4. The molecule has 0 aliphatic rings. The van der Waals surface area contributed by atoms with Crippen molar-refractivity contribution in [3.05, 3.63) is 68.4 Å². The number of carbonyl (C=O) groups is 1.